The van der Waals surface area contributed by atoms with Crippen molar-refractivity contribution in [2.75, 3.05) is 44.9 Å². The van der Waals surface area contributed by atoms with E-state index >= 15 is 0 Å². The Balaban J connectivity index is 0. The average molecular weight is 348 g/mol. The number of aliphatic hydroxyl groups excluding tert-OH is 1. The Morgan fingerprint density at radius 1 is 1.13 bits per heavy atom. The SMILES string of the molecule is C.CCO.CCOC.O=S1(=O)CCN(Cc2ccccc2)CC1. The van der Waals surface area contributed by atoms with Crippen molar-refractivity contribution in [1.82, 2.24) is 4.90 Å². The smallest absolute Gasteiger partial charge is 0.152 e. The molecule has 1 aromatic carbocycles. The highest BCUT2D eigenvalue weighted by Gasteiger charge is 2.21. The van der Waals surface area contributed by atoms with Crippen LogP contribution in [0.5, 0.6) is 0 Å². The first kappa shape index (κ1) is 24.3. The summed E-state index contributed by atoms with van der Waals surface area (Å²) in [5, 5.41) is 7.57. The molecule has 1 N–H and O–H groups in total. The van der Waals surface area contributed by atoms with Gasteiger partial charge in [-0.15, -0.1) is 0 Å². The largest absolute Gasteiger partial charge is 0.397 e. The zero-order valence-corrected chi connectivity index (χ0v) is 14.7. The van der Waals surface area contributed by atoms with Gasteiger partial charge in [-0.25, -0.2) is 8.42 Å². The number of rotatable bonds is 3. The Kier molecular flexibility index (Phi) is 15.5. The molecule has 1 fully saturated rings. The normalized spacial score (nSPS) is 16.0. The van der Waals surface area contributed by atoms with Gasteiger partial charge in [-0.2, -0.15) is 0 Å². The maximum atomic E-state index is 11.2. The molecule has 0 radical (unpaired) electrons. The summed E-state index contributed by atoms with van der Waals surface area (Å²) < 4.78 is 27.0. The van der Waals surface area contributed by atoms with E-state index in [-0.39, 0.29) is 14.0 Å². The number of ether oxygens (including phenoxy) is 1. The van der Waals surface area contributed by atoms with E-state index in [1.807, 2.05) is 25.1 Å². The van der Waals surface area contributed by atoms with Crippen LogP contribution in [0.2, 0.25) is 0 Å². The molecule has 1 aliphatic rings. The fourth-order valence-corrected chi connectivity index (χ4v) is 3.03. The van der Waals surface area contributed by atoms with E-state index in [9.17, 15) is 8.42 Å². The minimum Gasteiger partial charge on any atom is -0.397 e. The van der Waals surface area contributed by atoms with Crippen molar-refractivity contribution < 1.29 is 18.3 Å². The lowest BCUT2D eigenvalue weighted by molar-refractivity contribution is 0.215. The van der Waals surface area contributed by atoms with Crippen LogP contribution in [0.15, 0.2) is 30.3 Å². The van der Waals surface area contributed by atoms with E-state index in [1.54, 1.807) is 14.0 Å². The molecule has 1 aromatic rings. The Labute approximate surface area is 142 Å². The maximum Gasteiger partial charge on any atom is 0.152 e. The van der Waals surface area contributed by atoms with Crippen LogP contribution in [0.25, 0.3) is 0 Å². The summed E-state index contributed by atoms with van der Waals surface area (Å²) in [6.07, 6.45) is 0. The van der Waals surface area contributed by atoms with Crippen LogP contribution in [0.4, 0.5) is 0 Å². The highest BCUT2D eigenvalue weighted by molar-refractivity contribution is 7.91. The van der Waals surface area contributed by atoms with Gasteiger partial charge in [-0.05, 0) is 19.4 Å². The number of aliphatic hydroxyl groups is 1. The van der Waals surface area contributed by atoms with Crippen molar-refractivity contribution in [3.8, 4) is 0 Å². The van der Waals surface area contributed by atoms with E-state index in [4.69, 9.17) is 5.11 Å². The van der Waals surface area contributed by atoms with Crippen LogP contribution in [0, 0.1) is 0 Å². The van der Waals surface area contributed by atoms with Crippen LogP contribution in [-0.2, 0) is 21.1 Å². The van der Waals surface area contributed by atoms with Gasteiger partial charge in [0.2, 0.25) is 0 Å². The molecular weight excluding hydrogens is 314 g/mol. The molecule has 0 aliphatic carbocycles. The van der Waals surface area contributed by atoms with Gasteiger partial charge in [0.1, 0.15) is 0 Å². The minimum absolute atomic E-state index is 0. The standard InChI is InChI=1S/C11H15NO2S.C3H8O.C2H6O.CH4/c13-15(14)8-6-12(7-9-15)10-11-4-2-1-3-5-11;1-3-4-2;1-2-3;/h1-5H,6-10H2;3H2,1-2H3;3H,2H2,1H3;1H4. The number of methoxy groups -OCH3 is 1. The molecule has 0 atom stereocenters. The first-order chi connectivity index (χ1) is 10.5. The molecule has 0 saturated carbocycles. The molecule has 5 nitrogen and oxygen atoms in total. The van der Waals surface area contributed by atoms with Gasteiger partial charge in [0.15, 0.2) is 9.84 Å². The second kappa shape index (κ2) is 14.6. The summed E-state index contributed by atoms with van der Waals surface area (Å²) in [5.74, 6) is 0.611. The maximum absolute atomic E-state index is 11.2. The number of sulfone groups is 1. The number of nitrogens with zero attached hydrogens (tertiary/aromatic N) is 1. The lowest BCUT2D eigenvalue weighted by Gasteiger charge is -2.26. The fourth-order valence-electron chi connectivity index (χ4n) is 1.75. The molecule has 136 valence electrons. The molecule has 0 bridgehead atoms. The van der Waals surface area contributed by atoms with E-state index < -0.39 is 9.84 Å². The van der Waals surface area contributed by atoms with Crippen LogP contribution in [0.1, 0.15) is 26.8 Å². The second-order valence-corrected chi connectivity index (χ2v) is 7.11. The number of hydrogen-bond donors (Lipinski definition) is 1. The Hall–Kier alpha value is -0.950. The summed E-state index contributed by atoms with van der Waals surface area (Å²) in [5.41, 5.74) is 1.25. The Bertz CT molecular complexity index is 447. The van der Waals surface area contributed by atoms with Gasteiger partial charge < -0.3 is 9.84 Å². The van der Waals surface area contributed by atoms with Gasteiger partial charge in [0.25, 0.3) is 0 Å². The molecule has 2 rings (SSSR count). The van der Waals surface area contributed by atoms with E-state index in [0.29, 0.717) is 24.6 Å². The summed E-state index contributed by atoms with van der Waals surface area (Å²) in [4.78, 5) is 2.19. The highest BCUT2D eigenvalue weighted by atomic mass is 32.2. The molecule has 6 heteroatoms. The topological polar surface area (TPSA) is 66.8 Å². The molecule has 0 amide bonds. The van der Waals surface area contributed by atoms with Crippen LogP contribution in [0.3, 0.4) is 0 Å². The van der Waals surface area contributed by atoms with Crippen molar-refractivity contribution in [3.05, 3.63) is 35.9 Å². The molecule has 0 aromatic heterocycles. The van der Waals surface area contributed by atoms with Crippen LogP contribution in [-0.4, -0.2) is 63.3 Å². The summed E-state index contributed by atoms with van der Waals surface area (Å²) in [6.45, 7) is 6.89. The molecule has 1 saturated heterocycles. The van der Waals surface area contributed by atoms with Gasteiger partial charge in [-0.1, -0.05) is 37.8 Å². The summed E-state index contributed by atoms with van der Waals surface area (Å²) >= 11 is 0. The first-order valence-corrected chi connectivity index (χ1v) is 9.37. The summed E-state index contributed by atoms with van der Waals surface area (Å²) in [6, 6.07) is 10.2. The zero-order valence-electron chi connectivity index (χ0n) is 13.9. The first-order valence-electron chi connectivity index (χ1n) is 7.55. The fraction of sp³-hybridized carbons (Fsp3) is 0.647. The molecule has 1 heterocycles. The van der Waals surface area contributed by atoms with Crippen molar-refractivity contribution in [1.29, 1.82) is 0 Å². The van der Waals surface area contributed by atoms with E-state index in [2.05, 4.69) is 21.8 Å². The predicted octanol–water partition coefficient (Wildman–Crippen LogP) is 2.20. The predicted molar refractivity (Wildman–Crippen MR) is 97.4 cm³/mol. The molecule has 0 spiro atoms. The van der Waals surface area contributed by atoms with Gasteiger partial charge in [0.05, 0.1) is 11.5 Å². The van der Waals surface area contributed by atoms with Crippen LogP contribution >= 0.6 is 0 Å². The molecule has 1 aliphatic heterocycles. The molecule has 0 unspecified atom stereocenters. The van der Waals surface area contributed by atoms with Gasteiger partial charge in [-0.3, -0.25) is 4.90 Å². The third-order valence-corrected chi connectivity index (χ3v) is 4.58. The average Bonchev–Trinajstić information content (AvgIpc) is 2.52. The Morgan fingerprint density at radius 3 is 1.96 bits per heavy atom. The van der Waals surface area contributed by atoms with Gasteiger partial charge >= 0.3 is 0 Å². The van der Waals surface area contributed by atoms with Crippen molar-refractivity contribution in [2.45, 2.75) is 27.8 Å². The van der Waals surface area contributed by atoms with Gasteiger partial charge in [0, 0.05) is 40.0 Å². The van der Waals surface area contributed by atoms with Crippen LogP contribution < -0.4 is 0 Å². The van der Waals surface area contributed by atoms with E-state index in [1.165, 1.54) is 5.56 Å². The lowest BCUT2D eigenvalue weighted by Crippen LogP contribution is -2.39. The minimum atomic E-state index is -2.75. The van der Waals surface area contributed by atoms with Crippen molar-refractivity contribution in [3.63, 3.8) is 0 Å². The third kappa shape index (κ3) is 13.2. The second-order valence-electron chi connectivity index (χ2n) is 4.81. The van der Waals surface area contributed by atoms with Crippen molar-refractivity contribution in [2.24, 2.45) is 0 Å². The lowest BCUT2D eigenvalue weighted by atomic mass is 10.2. The van der Waals surface area contributed by atoms with Crippen molar-refractivity contribution >= 4 is 9.84 Å². The third-order valence-electron chi connectivity index (χ3n) is 2.97. The summed E-state index contributed by atoms with van der Waals surface area (Å²) in [7, 11) is -1.07. The number of benzene rings is 1. The quantitative estimate of drug-likeness (QED) is 0.908. The zero-order chi connectivity index (χ0) is 16.8. The Morgan fingerprint density at radius 2 is 1.57 bits per heavy atom. The monoisotopic (exact) mass is 347 g/mol. The molecular formula is C17H33NO4S. The highest BCUT2D eigenvalue weighted by Crippen LogP contribution is 2.09. The number of hydrogen-bond acceptors (Lipinski definition) is 5. The molecule has 23 heavy (non-hydrogen) atoms. The van der Waals surface area contributed by atoms with E-state index in [0.717, 1.165) is 13.2 Å².